The van der Waals surface area contributed by atoms with Crippen molar-refractivity contribution in [2.75, 3.05) is 39.1 Å². The van der Waals surface area contributed by atoms with Crippen molar-refractivity contribution in [1.29, 1.82) is 0 Å². The Hall–Kier alpha value is -2.19. The van der Waals surface area contributed by atoms with Gasteiger partial charge >= 0.3 is 0 Å². The van der Waals surface area contributed by atoms with Gasteiger partial charge in [0.1, 0.15) is 5.69 Å². The van der Waals surface area contributed by atoms with Gasteiger partial charge < -0.3 is 21.1 Å². The molecule has 0 bridgehead atoms. The largest absolute Gasteiger partial charge is 0.393 e. The number of nitrogens with zero attached hydrogens (tertiary/aromatic N) is 1. The summed E-state index contributed by atoms with van der Waals surface area (Å²) in [6.07, 6.45) is 1.79. The first-order valence-corrected chi connectivity index (χ1v) is 7.91. The van der Waals surface area contributed by atoms with Crippen LogP contribution in [0, 0.1) is 22.5 Å². The number of carbonyl (C=O) groups is 1. The average molecular weight is 336 g/mol. The summed E-state index contributed by atoms with van der Waals surface area (Å²) in [4.78, 5) is 23.0. The van der Waals surface area contributed by atoms with Gasteiger partial charge in [0.2, 0.25) is 0 Å². The molecule has 0 saturated carbocycles. The van der Waals surface area contributed by atoms with E-state index in [1.165, 1.54) is 6.07 Å². The molecule has 0 spiro atoms. The number of benzene rings is 1. The molecule has 1 aliphatic heterocycles. The fraction of sp³-hybridized carbons (Fsp3) is 0.562. The highest BCUT2D eigenvalue weighted by molar-refractivity contribution is 6.01. The van der Waals surface area contributed by atoms with Gasteiger partial charge in [-0.05, 0) is 44.5 Å². The molecule has 8 nitrogen and oxygen atoms in total. The molecule has 1 aromatic rings. The number of anilines is 1. The van der Waals surface area contributed by atoms with Gasteiger partial charge in [-0.25, -0.2) is 0 Å². The number of hydrogen-bond donors (Lipinski definition) is 3. The molecule has 1 saturated heterocycles. The zero-order valence-electron chi connectivity index (χ0n) is 14.1. The van der Waals surface area contributed by atoms with Gasteiger partial charge in [-0.15, -0.1) is 0 Å². The molecule has 0 aromatic heterocycles. The van der Waals surface area contributed by atoms with Gasteiger partial charge in [-0.3, -0.25) is 14.9 Å². The lowest BCUT2D eigenvalue weighted by Crippen LogP contribution is -2.47. The molecule has 0 atom stereocenters. The lowest BCUT2D eigenvalue weighted by atomic mass is 9.79. The van der Waals surface area contributed by atoms with Crippen LogP contribution in [0.5, 0.6) is 0 Å². The van der Waals surface area contributed by atoms with E-state index in [1.807, 2.05) is 0 Å². The number of nitrogens with two attached hydrogens (primary N) is 1. The van der Waals surface area contributed by atoms with Crippen LogP contribution in [0.4, 0.5) is 11.4 Å². The number of nitrogens with one attached hydrogen (secondary N) is 2. The molecule has 0 radical (unpaired) electrons. The van der Waals surface area contributed by atoms with Crippen molar-refractivity contribution in [2.45, 2.75) is 19.8 Å². The Morgan fingerprint density at radius 3 is 2.71 bits per heavy atom. The minimum absolute atomic E-state index is 0.103. The topological polar surface area (TPSA) is 120 Å². The van der Waals surface area contributed by atoms with Crippen LogP contribution in [0.3, 0.4) is 0 Å². The first-order valence-electron chi connectivity index (χ1n) is 7.91. The van der Waals surface area contributed by atoms with Gasteiger partial charge in [0.15, 0.2) is 0 Å². The number of amides is 1. The maximum Gasteiger partial charge on any atom is 0.293 e. The summed E-state index contributed by atoms with van der Waals surface area (Å²) >= 11 is 0. The number of nitro groups is 1. The Kier molecular flexibility index (Phi) is 5.74. The van der Waals surface area contributed by atoms with Crippen LogP contribution >= 0.6 is 0 Å². The van der Waals surface area contributed by atoms with E-state index >= 15 is 0 Å². The van der Waals surface area contributed by atoms with Crippen molar-refractivity contribution in [3.63, 3.8) is 0 Å². The average Bonchev–Trinajstić information content (AvgIpc) is 2.55. The van der Waals surface area contributed by atoms with E-state index in [0.717, 1.165) is 25.9 Å². The van der Waals surface area contributed by atoms with Gasteiger partial charge in [0.05, 0.1) is 17.1 Å². The lowest BCUT2D eigenvalue weighted by molar-refractivity contribution is -0.384. The maximum atomic E-state index is 12.5. The molecule has 1 aromatic carbocycles. The van der Waals surface area contributed by atoms with Gasteiger partial charge in [-0.1, -0.05) is 0 Å². The fourth-order valence-corrected chi connectivity index (χ4v) is 3.12. The number of nitrogen functional groups attached to an aromatic ring is 1. The van der Waals surface area contributed by atoms with E-state index in [9.17, 15) is 14.9 Å². The summed E-state index contributed by atoms with van der Waals surface area (Å²) in [6, 6.07) is 2.94. The number of ether oxygens (including phenoxy) is 1. The number of hydrogen-bond acceptors (Lipinski definition) is 6. The van der Waals surface area contributed by atoms with Gasteiger partial charge in [0, 0.05) is 25.1 Å². The summed E-state index contributed by atoms with van der Waals surface area (Å²) in [7, 11) is 1.65. The summed E-state index contributed by atoms with van der Waals surface area (Å²) in [5, 5.41) is 17.2. The highest BCUT2D eigenvalue weighted by Gasteiger charge is 2.33. The van der Waals surface area contributed by atoms with E-state index in [1.54, 1.807) is 20.1 Å². The number of aryl methyl sites for hydroxylation is 1. The van der Waals surface area contributed by atoms with Crippen LogP contribution in [0.25, 0.3) is 0 Å². The molecule has 1 fully saturated rings. The number of piperidine rings is 1. The molecule has 2 rings (SSSR count). The van der Waals surface area contributed by atoms with Crippen molar-refractivity contribution >= 4 is 17.3 Å². The summed E-state index contributed by atoms with van der Waals surface area (Å²) in [5.41, 5.74) is 6.11. The molecule has 1 amide bonds. The van der Waals surface area contributed by atoms with Crippen LogP contribution in [-0.2, 0) is 4.74 Å². The molecule has 8 heteroatoms. The molecular weight excluding hydrogens is 312 g/mol. The van der Waals surface area contributed by atoms with Gasteiger partial charge in [-0.2, -0.15) is 0 Å². The number of methoxy groups -OCH3 is 1. The Balaban J connectivity index is 2.16. The van der Waals surface area contributed by atoms with E-state index in [0.29, 0.717) is 18.7 Å². The van der Waals surface area contributed by atoms with Crippen molar-refractivity contribution in [2.24, 2.45) is 5.41 Å². The van der Waals surface area contributed by atoms with Crippen molar-refractivity contribution in [3.8, 4) is 0 Å². The molecule has 1 aliphatic rings. The molecule has 24 heavy (non-hydrogen) atoms. The number of carbonyl (C=O) groups excluding carboxylic acids is 1. The molecule has 4 N–H and O–H groups in total. The second-order valence-electron chi connectivity index (χ2n) is 6.37. The minimum Gasteiger partial charge on any atom is -0.393 e. The predicted octanol–water partition coefficient (Wildman–Crippen LogP) is 1.23. The second kappa shape index (κ2) is 7.59. The SMILES string of the molecule is COCC1(CNC(=O)c2cc(C)cc([N+](=O)[O-])c2N)CCNCC1. The van der Waals surface area contributed by atoms with E-state index in [2.05, 4.69) is 10.6 Å². The zero-order chi connectivity index (χ0) is 17.7. The predicted molar refractivity (Wildman–Crippen MR) is 91.0 cm³/mol. The first-order chi connectivity index (χ1) is 11.4. The molecular formula is C16H24N4O4. The van der Waals surface area contributed by atoms with E-state index < -0.39 is 10.8 Å². The standard InChI is InChI=1S/C16H24N4O4/c1-11-7-12(14(17)13(8-11)20(22)23)15(21)19-9-16(10-24-2)3-5-18-6-4-16/h7-8,18H,3-6,9-10,17H2,1-2H3,(H,19,21). The molecule has 0 aliphatic carbocycles. The highest BCUT2D eigenvalue weighted by Crippen LogP contribution is 2.30. The van der Waals surface area contributed by atoms with E-state index in [-0.39, 0.29) is 22.4 Å². The quantitative estimate of drug-likeness (QED) is 0.408. The smallest absolute Gasteiger partial charge is 0.293 e. The van der Waals surface area contributed by atoms with Crippen LogP contribution in [0.2, 0.25) is 0 Å². The third kappa shape index (κ3) is 4.01. The van der Waals surface area contributed by atoms with Crippen LogP contribution in [0.15, 0.2) is 12.1 Å². The van der Waals surface area contributed by atoms with Gasteiger partial charge in [0.25, 0.3) is 11.6 Å². The lowest BCUT2D eigenvalue weighted by Gasteiger charge is -2.37. The number of rotatable bonds is 6. The first kappa shape index (κ1) is 18.2. The molecule has 1 heterocycles. The van der Waals surface area contributed by atoms with Crippen molar-refractivity contribution in [3.05, 3.63) is 33.4 Å². The fourth-order valence-electron chi connectivity index (χ4n) is 3.12. The zero-order valence-corrected chi connectivity index (χ0v) is 14.1. The summed E-state index contributed by atoms with van der Waals surface area (Å²) in [6.45, 7) is 4.44. The Morgan fingerprint density at radius 1 is 1.46 bits per heavy atom. The van der Waals surface area contributed by atoms with Crippen molar-refractivity contribution in [1.82, 2.24) is 10.6 Å². The Morgan fingerprint density at radius 2 is 2.12 bits per heavy atom. The van der Waals surface area contributed by atoms with Crippen LogP contribution in [-0.4, -0.2) is 44.2 Å². The maximum absolute atomic E-state index is 12.5. The number of nitro benzene ring substituents is 1. The van der Waals surface area contributed by atoms with E-state index in [4.69, 9.17) is 10.5 Å². The monoisotopic (exact) mass is 336 g/mol. The summed E-state index contributed by atoms with van der Waals surface area (Å²) in [5.74, 6) is -0.395. The Bertz CT molecular complexity index is 621. The Labute approximate surface area is 140 Å². The normalized spacial score (nSPS) is 16.6. The summed E-state index contributed by atoms with van der Waals surface area (Å²) < 4.78 is 5.32. The molecule has 0 unspecified atom stereocenters. The second-order valence-corrected chi connectivity index (χ2v) is 6.37. The van der Waals surface area contributed by atoms with Crippen LogP contribution in [0.1, 0.15) is 28.8 Å². The van der Waals surface area contributed by atoms with Crippen molar-refractivity contribution < 1.29 is 14.5 Å². The highest BCUT2D eigenvalue weighted by atomic mass is 16.6. The minimum atomic E-state index is -0.571. The molecule has 132 valence electrons. The van der Waals surface area contributed by atoms with Crippen LogP contribution < -0.4 is 16.4 Å². The third-order valence-corrected chi connectivity index (χ3v) is 4.48. The third-order valence-electron chi connectivity index (χ3n) is 4.48.